The molecule has 1 fully saturated rings. The summed E-state index contributed by atoms with van der Waals surface area (Å²) in [7, 11) is 0. The Labute approximate surface area is 146 Å². The van der Waals surface area contributed by atoms with Crippen molar-refractivity contribution < 1.29 is 4.79 Å². The van der Waals surface area contributed by atoms with Gasteiger partial charge in [0.2, 0.25) is 0 Å². The topological polar surface area (TPSA) is 50.2 Å². The third-order valence-corrected chi connectivity index (χ3v) is 4.57. The van der Waals surface area contributed by atoms with Gasteiger partial charge in [-0.05, 0) is 67.4 Å². The van der Waals surface area contributed by atoms with Crippen molar-refractivity contribution in [3.05, 3.63) is 17.5 Å². The number of rotatable bonds is 7. The maximum absolute atomic E-state index is 12.7. The summed E-state index contributed by atoms with van der Waals surface area (Å²) in [5.74, 6) is 0.536. The van der Waals surface area contributed by atoms with Gasteiger partial charge in [0, 0.05) is 31.1 Å². The number of carbonyl (C=O) groups excluding carboxylic acids is 1. The number of hydrogen-bond acceptors (Lipinski definition) is 3. The number of carbonyl (C=O) groups is 1. The van der Waals surface area contributed by atoms with Crippen LogP contribution in [0.1, 0.15) is 83.4 Å². The van der Waals surface area contributed by atoms with E-state index in [1.54, 1.807) is 0 Å². The van der Waals surface area contributed by atoms with Gasteiger partial charge in [-0.1, -0.05) is 0 Å². The molecule has 1 heterocycles. The summed E-state index contributed by atoms with van der Waals surface area (Å²) in [6, 6.07) is 2.94. The van der Waals surface area contributed by atoms with Crippen molar-refractivity contribution in [2.75, 3.05) is 13.1 Å². The van der Waals surface area contributed by atoms with E-state index in [-0.39, 0.29) is 11.4 Å². The zero-order valence-electron chi connectivity index (χ0n) is 16.4. The maximum atomic E-state index is 12.7. The van der Waals surface area contributed by atoms with Crippen molar-refractivity contribution in [2.45, 2.75) is 84.8 Å². The van der Waals surface area contributed by atoms with Crippen LogP contribution in [0.3, 0.4) is 0 Å². The highest BCUT2D eigenvalue weighted by Gasteiger charge is 2.31. The molecule has 1 saturated carbocycles. The molecule has 1 aromatic heterocycles. The lowest BCUT2D eigenvalue weighted by molar-refractivity contribution is 0.0921. The van der Waals surface area contributed by atoms with Crippen LogP contribution in [-0.2, 0) is 5.54 Å². The fourth-order valence-electron chi connectivity index (χ4n) is 3.15. The molecule has 5 heteroatoms. The minimum Gasteiger partial charge on any atom is -0.349 e. The first kappa shape index (κ1) is 19.0. The summed E-state index contributed by atoms with van der Waals surface area (Å²) in [5.41, 5.74) is 1.56. The quantitative estimate of drug-likeness (QED) is 0.832. The van der Waals surface area contributed by atoms with Gasteiger partial charge in [-0.25, -0.2) is 0 Å². The molecule has 1 aliphatic carbocycles. The molecule has 0 aromatic carbocycles. The van der Waals surface area contributed by atoms with Crippen molar-refractivity contribution in [3.8, 4) is 0 Å². The van der Waals surface area contributed by atoms with Gasteiger partial charge in [-0.3, -0.25) is 14.4 Å². The molecule has 1 N–H and O–H groups in total. The fraction of sp³-hybridized carbons (Fsp3) is 0.789. The third kappa shape index (κ3) is 4.59. The fourth-order valence-corrected chi connectivity index (χ4v) is 3.15. The van der Waals surface area contributed by atoms with Gasteiger partial charge in [-0.2, -0.15) is 5.10 Å². The maximum Gasteiger partial charge on any atom is 0.269 e. The van der Waals surface area contributed by atoms with Crippen LogP contribution in [0.25, 0.3) is 0 Å². The second-order valence-corrected chi connectivity index (χ2v) is 8.49. The van der Waals surface area contributed by atoms with Gasteiger partial charge in [0.15, 0.2) is 0 Å². The van der Waals surface area contributed by atoms with Crippen molar-refractivity contribution in [2.24, 2.45) is 0 Å². The Kier molecular flexibility index (Phi) is 5.74. The van der Waals surface area contributed by atoms with E-state index < -0.39 is 0 Å². The molecule has 1 aromatic rings. The smallest absolute Gasteiger partial charge is 0.269 e. The summed E-state index contributed by atoms with van der Waals surface area (Å²) in [6.07, 6.45) is 2.39. The molecule has 0 aliphatic heterocycles. The van der Waals surface area contributed by atoms with Crippen LogP contribution in [0.5, 0.6) is 0 Å². The van der Waals surface area contributed by atoms with Crippen LogP contribution in [0.2, 0.25) is 0 Å². The number of amides is 1. The molecule has 0 bridgehead atoms. The van der Waals surface area contributed by atoms with Gasteiger partial charge < -0.3 is 5.32 Å². The minimum atomic E-state index is -0.193. The molecular formula is C19H34N4O. The van der Waals surface area contributed by atoms with Gasteiger partial charge in [0.05, 0.1) is 11.2 Å². The second-order valence-electron chi connectivity index (χ2n) is 8.49. The molecule has 0 radical (unpaired) electrons. The van der Waals surface area contributed by atoms with Crippen molar-refractivity contribution in [3.63, 3.8) is 0 Å². The highest BCUT2D eigenvalue weighted by atomic mass is 16.2. The van der Waals surface area contributed by atoms with Crippen LogP contribution in [0.4, 0.5) is 0 Å². The number of nitrogens with one attached hydrogen (secondary N) is 1. The number of hydrogen-bond donors (Lipinski definition) is 1. The second kappa shape index (κ2) is 7.26. The highest BCUT2D eigenvalue weighted by Crippen LogP contribution is 2.40. The van der Waals surface area contributed by atoms with E-state index in [9.17, 15) is 4.79 Å². The van der Waals surface area contributed by atoms with Crippen LogP contribution < -0.4 is 5.32 Å². The van der Waals surface area contributed by atoms with Crippen LogP contribution >= 0.6 is 0 Å². The van der Waals surface area contributed by atoms with Crippen molar-refractivity contribution >= 4 is 5.91 Å². The van der Waals surface area contributed by atoms with E-state index in [1.807, 2.05) is 10.7 Å². The molecule has 24 heavy (non-hydrogen) atoms. The Hall–Kier alpha value is -1.36. The number of aromatic nitrogens is 2. The molecule has 1 amide bonds. The first-order valence-electron chi connectivity index (χ1n) is 9.25. The minimum absolute atomic E-state index is 0.0169. The van der Waals surface area contributed by atoms with E-state index in [1.165, 1.54) is 12.8 Å². The standard InChI is InChI=1S/C19H34N4O/c1-13(2)22(14(3)4)11-10-20-18(24)17-12-16(15-8-9-15)21-23(17)19(5,6)7/h12-15H,8-11H2,1-7H3,(H,20,24). The molecule has 136 valence electrons. The average molecular weight is 335 g/mol. The number of nitrogens with zero attached hydrogens (tertiary/aromatic N) is 3. The lowest BCUT2D eigenvalue weighted by Crippen LogP contribution is -2.43. The molecule has 1 aliphatic rings. The van der Waals surface area contributed by atoms with Crippen LogP contribution in [0, 0.1) is 0 Å². The largest absolute Gasteiger partial charge is 0.349 e. The first-order valence-corrected chi connectivity index (χ1v) is 9.25. The summed E-state index contributed by atoms with van der Waals surface area (Å²) in [5, 5.41) is 7.79. The molecular weight excluding hydrogens is 300 g/mol. The van der Waals surface area contributed by atoms with Gasteiger partial charge in [0.25, 0.3) is 5.91 Å². The normalized spacial score (nSPS) is 15.6. The summed E-state index contributed by atoms with van der Waals surface area (Å²) >= 11 is 0. The van der Waals surface area contributed by atoms with Gasteiger partial charge in [-0.15, -0.1) is 0 Å². The van der Waals surface area contributed by atoms with Crippen molar-refractivity contribution in [1.29, 1.82) is 0 Å². The molecule has 2 rings (SSSR count). The highest BCUT2D eigenvalue weighted by molar-refractivity contribution is 5.92. The lowest BCUT2D eigenvalue weighted by Gasteiger charge is -2.30. The summed E-state index contributed by atoms with van der Waals surface area (Å²) in [6.45, 7) is 16.6. The van der Waals surface area contributed by atoms with Gasteiger partial charge >= 0.3 is 0 Å². The molecule has 0 unspecified atom stereocenters. The average Bonchev–Trinajstić information content (AvgIpc) is 3.19. The van der Waals surface area contributed by atoms with Crippen molar-refractivity contribution in [1.82, 2.24) is 20.0 Å². The molecule has 5 nitrogen and oxygen atoms in total. The van der Waals surface area contributed by atoms with Crippen LogP contribution in [0.15, 0.2) is 6.07 Å². The Morgan fingerprint density at radius 2 is 1.88 bits per heavy atom. The lowest BCUT2D eigenvalue weighted by atomic mass is 10.1. The van der Waals surface area contributed by atoms with E-state index in [0.717, 1.165) is 12.2 Å². The molecule has 0 atom stereocenters. The van der Waals surface area contributed by atoms with Gasteiger partial charge in [0.1, 0.15) is 5.69 Å². The monoisotopic (exact) mass is 334 g/mol. The first-order chi connectivity index (χ1) is 11.1. The zero-order valence-corrected chi connectivity index (χ0v) is 16.4. The summed E-state index contributed by atoms with van der Waals surface area (Å²) < 4.78 is 1.89. The summed E-state index contributed by atoms with van der Waals surface area (Å²) in [4.78, 5) is 15.1. The predicted molar refractivity (Wildman–Crippen MR) is 98.5 cm³/mol. The van der Waals surface area contributed by atoms with E-state index in [2.05, 4.69) is 58.7 Å². The van der Waals surface area contributed by atoms with E-state index in [4.69, 9.17) is 5.10 Å². The SMILES string of the molecule is CC(C)N(CCNC(=O)c1cc(C2CC2)nn1C(C)(C)C)C(C)C. The van der Waals surface area contributed by atoms with E-state index in [0.29, 0.717) is 30.2 Å². The zero-order chi connectivity index (χ0) is 18.1. The predicted octanol–water partition coefficient (Wildman–Crippen LogP) is 3.36. The Morgan fingerprint density at radius 1 is 1.29 bits per heavy atom. The molecule has 0 spiro atoms. The van der Waals surface area contributed by atoms with Crippen LogP contribution in [-0.4, -0.2) is 45.8 Å². The Balaban J connectivity index is 2.04. The Morgan fingerprint density at radius 3 is 2.33 bits per heavy atom. The molecule has 0 saturated heterocycles. The van der Waals surface area contributed by atoms with E-state index >= 15 is 0 Å². The third-order valence-electron chi connectivity index (χ3n) is 4.57. The Bertz CT molecular complexity index is 556.